The molecule has 1 unspecified atom stereocenters. The number of rotatable bonds is 3. The van der Waals surface area contributed by atoms with Crippen molar-refractivity contribution < 1.29 is 14.6 Å². The molecule has 1 aromatic heterocycles. The van der Waals surface area contributed by atoms with E-state index < -0.39 is 0 Å². The van der Waals surface area contributed by atoms with Gasteiger partial charge in [-0.25, -0.2) is 0 Å². The van der Waals surface area contributed by atoms with Gasteiger partial charge in [-0.05, 0) is 37.8 Å². The first kappa shape index (κ1) is 18.8. The number of aliphatic hydroxyl groups excluding tert-OH is 1. The number of carbonyl (C=O) groups is 1. The van der Waals surface area contributed by atoms with Gasteiger partial charge in [-0.1, -0.05) is 18.2 Å². The van der Waals surface area contributed by atoms with Gasteiger partial charge in [0.2, 0.25) is 0 Å². The summed E-state index contributed by atoms with van der Waals surface area (Å²) < 4.78 is 5.82. The third-order valence-corrected chi connectivity index (χ3v) is 7.03. The van der Waals surface area contributed by atoms with E-state index in [2.05, 4.69) is 33.0 Å². The summed E-state index contributed by atoms with van der Waals surface area (Å²) >= 11 is 0. The average molecular weight is 396 g/mol. The molecule has 0 bridgehead atoms. The van der Waals surface area contributed by atoms with Crippen LogP contribution in [0.1, 0.15) is 32.1 Å². The number of carbonyl (C=O) groups excluding carboxylic acids is 1. The first-order valence-electron chi connectivity index (χ1n) is 10.8. The van der Waals surface area contributed by atoms with E-state index in [-0.39, 0.29) is 23.6 Å². The number of aliphatic hydroxyl groups is 1. The Balaban J connectivity index is 1.24. The smallest absolute Gasteiger partial charge is 0.312 e. The zero-order valence-electron chi connectivity index (χ0n) is 16.8. The number of cyclic esters (lactones) is 1. The van der Waals surface area contributed by atoms with Gasteiger partial charge in [-0.3, -0.25) is 14.7 Å². The van der Waals surface area contributed by atoms with Crippen molar-refractivity contribution in [3.8, 4) is 0 Å². The number of aromatic nitrogens is 1. The molecule has 154 valence electrons. The molecule has 29 heavy (non-hydrogen) atoms. The van der Waals surface area contributed by atoms with Gasteiger partial charge < -0.3 is 14.7 Å². The third-order valence-electron chi connectivity index (χ3n) is 7.03. The van der Waals surface area contributed by atoms with E-state index in [1.165, 1.54) is 11.1 Å². The topological polar surface area (TPSA) is 65.9 Å². The molecule has 3 fully saturated rings. The molecule has 5 rings (SSSR count). The molecule has 6 nitrogen and oxygen atoms in total. The lowest BCUT2D eigenvalue weighted by molar-refractivity contribution is -0.150. The van der Waals surface area contributed by atoms with Crippen LogP contribution in [0.4, 0.5) is 5.69 Å². The van der Waals surface area contributed by atoms with Gasteiger partial charge >= 0.3 is 5.97 Å². The third kappa shape index (κ3) is 3.60. The Labute approximate surface area is 171 Å². The van der Waals surface area contributed by atoms with E-state index in [0.717, 1.165) is 70.3 Å². The second-order valence-electron chi connectivity index (χ2n) is 8.88. The molecule has 0 saturated carbocycles. The summed E-state index contributed by atoms with van der Waals surface area (Å²) in [5.41, 5.74) is 1.90. The van der Waals surface area contributed by atoms with Crippen LogP contribution in [-0.2, 0) is 9.53 Å². The summed E-state index contributed by atoms with van der Waals surface area (Å²) in [7, 11) is 0. The number of anilines is 1. The lowest BCUT2D eigenvalue weighted by atomic mass is 9.76. The molecule has 1 aromatic carbocycles. The molecule has 6 heteroatoms. The first-order chi connectivity index (χ1) is 14.1. The van der Waals surface area contributed by atoms with E-state index in [9.17, 15) is 9.90 Å². The van der Waals surface area contributed by atoms with Crippen molar-refractivity contribution >= 4 is 22.6 Å². The molecule has 3 aliphatic rings. The number of fused-ring (bicyclic) bond motifs is 1. The Morgan fingerprint density at radius 1 is 1.10 bits per heavy atom. The Morgan fingerprint density at radius 2 is 1.86 bits per heavy atom. The van der Waals surface area contributed by atoms with Crippen molar-refractivity contribution in [2.45, 2.75) is 44.3 Å². The number of esters is 1. The number of likely N-dealkylation sites (tertiary alicyclic amines) is 1. The highest BCUT2D eigenvalue weighted by molar-refractivity contribution is 5.91. The van der Waals surface area contributed by atoms with Gasteiger partial charge in [0.05, 0.1) is 17.0 Å². The van der Waals surface area contributed by atoms with Gasteiger partial charge in [0.25, 0.3) is 0 Å². The van der Waals surface area contributed by atoms with Crippen LogP contribution in [0.2, 0.25) is 0 Å². The van der Waals surface area contributed by atoms with Crippen LogP contribution >= 0.6 is 0 Å². The van der Waals surface area contributed by atoms with Crippen LogP contribution in [0, 0.1) is 5.41 Å². The molecule has 2 aromatic rings. The molecule has 0 amide bonds. The standard InChI is InChI=1S/C23H29N3O3/c27-17-6-11-25(12-7-17)16-18-15-23(22(28)29-18)8-13-26(14-9-23)21-5-10-24-20-4-2-1-3-19(20)21/h1-5,10,17-18,27H,6-9,11-16H2. The van der Waals surface area contributed by atoms with Crippen molar-refractivity contribution in [1.82, 2.24) is 9.88 Å². The van der Waals surface area contributed by atoms with E-state index in [1.807, 2.05) is 18.3 Å². The molecular formula is C23H29N3O3. The normalized spacial score (nSPS) is 25.6. The molecule has 1 spiro atoms. The summed E-state index contributed by atoms with van der Waals surface area (Å²) in [4.78, 5) is 22.0. The van der Waals surface area contributed by atoms with Gasteiger partial charge in [-0.15, -0.1) is 0 Å². The van der Waals surface area contributed by atoms with Gasteiger partial charge in [0.15, 0.2) is 0 Å². The lowest BCUT2D eigenvalue weighted by Crippen LogP contribution is -2.43. The van der Waals surface area contributed by atoms with Gasteiger partial charge in [0.1, 0.15) is 6.10 Å². The predicted octanol–water partition coefficient (Wildman–Crippen LogP) is 2.59. The van der Waals surface area contributed by atoms with E-state index in [0.29, 0.717) is 0 Å². The monoisotopic (exact) mass is 395 g/mol. The van der Waals surface area contributed by atoms with Crippen LogP contribution in [-0.4, -0.2) is 65.9 Å². The summed E-state index contributed by atoms with van der Waals surface area (Å²) in [6.45, 7) is 4.33. The molecule has 1 N–H and O–H groups in total. The molecular weight excluding hydrogens is 366 g/mol. The van der Waals surface area contributed by atoms with Crippen molar-refractivity contribution in [1.29, 1.82) is 0 Å². The Bertz CT molecular complexity index is 881. The van der Waals surface area contributed by atoms with Gasteiger partial charge in [0, 0.05) is 56.4 Å². The Morgan fingerprint density at radius 3 is 2.66 bits per heavy atom. The molecule has 4 heterocycles. The maximum Gasteiger partial charge on any atom is 0.312 e. The first-order valence-corrected chi connectivity index (χ1v) is 10.8. The molecule has 3 saturated heterocycles. The highest BCUT2D eigenvalue weighted by Gasteiger charge is 2.50. The zero-order chi connectivity index (χ0) is 19.8. The SMILES string of the molecule is O=C1OC(CN2CCC(O)CC2)CC12CCN(c1ccnc3ccccc13)CC2. The van der Waals surface area contributed by atoms with Crippen LogP contribution in [0.5, 0.6) is 0 Å². The maximum atomic E-state index is 12.8. The van der Waals surface area contributed by atoms with Crippen molar-refractivity contribution in [2.24, 2.45) is 5.41 Å². The minimum absolute atomic E-state index is 0.00113. The van der Waals surface area contributed by atoms with E-state index >= 15 is 0 Å². The minimum Gasteiger partial charge on any atom is -0.461 e. The van der Waals surface area contributed by atoms with E-state index in [1.54, 1.807) is 0 Å². The fraction of sp³-hybridized carbons (Fsp3) is 0.565. The summed E-state index contributed by atoms with van der Waals surface area (Å²) in [6, 6.07) is 10.3. The van der Waals surface area contributed by atoms with Crippen LogP contribution in [0.15, 0.2) is 36.5 Å². The number of pyridine rings is 1. The quantitative estimate of drug-likeness (QED) is 0.806. The van der Waals surface area contributed by atoms with Gasteiger partial charge in [-0.2, -0.15) is 0 Å². The van der Waals surface area contributed by atoms with E-state index in [4.69, 9.17) is 4.74 Å². The molecule has 1 atom stereocenters. The van der Waals surface area contributed by atoms with Crippen LogP contribution in [0.25, 0.3) is 10.9 Å². The molecule has 0 aliphatic carbocycles. The fourth-order valence-electron chi connectivity index (χ4n) is 5.27. The number of hydrogen-bond donors (Lipinski definition) is 1. The van der Waals surface area contributed by atoms with Crippen molar-refractivity contribution in [2.75, 3.05) is 37.6 Å². The largest absolute Gasteiger partial charge is 0.461 e. The maximum absolute atomic E-state index is 12.8. The number of hydrogen-bond acceptors (Lipinski definition) is 6. The number of benzene rings is 1. The second-order valence-corrected chi connectivity index (χ2v) is 8.88. The number of nitrogens with zero attached hydrogens (tertiary/aromatic N) is 3. The van der Waals surface area contributed by atoms with Crippen molar-refractivity contribution in [3.05, 3.63) is 36.5 Å². The highest BCUT2D eigenvalue weighted by atomic mass is 16.6. The number of para-hydroxylation sites is 1. The summed E-state index contributed by atoms with van der Waals surface area (Å²) in [5, 5.41) is 10.9. The molecule has 3 aliphatic heterocycles. The Hall–Kier alpha value is -2.18. The van der Waals surface area contributed by atoms with Crippen LogP contribution < -0.4 is 4.90 Å². The number of ether oxygens (including phenoxy) is 1. The van der Waals surface area contributed by atoms with Crippen molar-refractivity contribution in [3.63, 3.8) is 0 Å². The summed E-state index contributed by atoms with van der Waals surface area (Å²) in [6.07, 6.45) is 5.85. The predicted molar refractivity (Wildman–Crippen MR) is 112 cm³/mol. The average Bonchev–Trinajstić information content (AvgIpc) is 3.04. The second kappa shape index (κ2) is 7.58. The Kier molecular flexibility index (Phi) is 4.92. The number of piperidine rings is 2. The minimum atomic E-state index is -0.320. The fourth-order valence-corrected chi connectivity index (χ4v) is 5.27. The van der Waals surface area contributed by atoms with Crippen LogP contribution in [0.3, 0.4) is 0 Å². The molecule has 0 radical (unpaired) electrons. The zero-order valence-corrected chi connectivity index (χ0v) is 16.8. The highest BCUT2D eigenvalue weighted by Crippen LogP contribution is 2.44. The summed E-state index contributed by atoms with van der Waals surface area (Å²) in [5.74, 6) is -0.00113. The lowest BCUT2D eigenvalue weighted by Gasteiger charge is -2.38.